The van der Waals surface area contributed by atoms with E-state index in [4.69, 9.17) is 0 Å². The number of hydrogen-bond acceptors (Lipinski definition) is 1. The second-order valence-electron chi connectivity index (χ2n) is 6.86. The second kappa shape index (κ2) is 4.63. The largest absolute Gasteiger partial charge is 0.300 e. The predicted molar refractivity (Wildman–Crippen MR) is 77.8 cm³/mol. The lowest BCUT2D eigenvalue weighted by molar-refractivity contribution is -0.118. The fraction of sp³-hybridized carbons (Fsp3) is 0.500. The molecular formula is C18H22O. The van der Waals surface area contributed by atoms with Crippen LogP contribution in [0.25, 0.3) is 0 Å². The summed E-state index contributed by atoms with van der Waals surface area (Å²) in [7, 11) is 0. The number of benzene rings is 1. The van der Waals surface area contributed by atoms with Crippen LogP contribution < -0.4 is 0 Å². The van der Waals surface area contributed by atoms with Gasteiger partial charge in [-0.25, -0.2) is 0 Å². The van der Waals surface area contributed by atoms with Gasteiger partial charge in [0.2, 0.25) is 0 Å². The zero-order chi connectivity index (χ0) is 13.5. The minimum absolute atomic E-state index is 0.197. The van der Waals surface area contributed by atoms with E-state index in [9.17, 15) is 4.79 Å². The van der Waals surface area contributed by atoms with E-state index in [2.05, 4.69) is 56.3 Å². The summed E-state index contributed by atoms with van der Waals surface area (Å²) in [5, 5.41) is 0. The van der Waals surface area contributed by atoms with Crippen LogP contribution in [0.3, 0.4) is 0 Å². The second-order valence-corrected chi connectivity index (χ2v) is 6.86. The number of Topliss-reactive ketones (excluding diaryl/α,β-unsaturated/α-hetero) is 1. The Bertz CT molecular complexity index is 484. The molecule has 0 aliphatic heterocycles. The van der Waals surface area contributed by atoms with Gasteiger partial charge in [0, 0.05) is 12.8 Å². The van der Waals surface area contributed by atoms with Crippen LogP contribution in [-0.4, -0.2) is 5.78 Å². The highest BCUT2D eigenvalue weighted by Crippen LogP contribution is 2.57. The number of hydrogen-bond donors (Lipinski definition) is 0. The molecule has 2 unspecified atom stereocenters. The topological polar surface area (TPSA) is 17.1 Å². The van der Waals surface area contributed by atoms with Crippen LogP contribution in [-0.2, 0) is 11.2 Å². The third-order valence-electron chi connectivity index (χ3n) is 4.60. The molecule has 100 valence electrons. The Balaban J connectivity index is 1.58. The van der Waals surface area contributed by atoms with E-state index in [0.29, 0.717) is 23.5 Å². The van der Waals surface area contributed by atoms with Gasteiger partial charge >= 0.3 is 0 Å². The highest BCUT2D eigenvalue weighted by molar-refractivity contribution is 5.83. The van der Waals surface area contributed by atoms with E-state index in [0.717, 1.165) is 19.3 Å². The first kappa shape index (κ1) is 12.7. The highest BCUT2D eigenvalue weighted by Gasteiger charge is 2.54. The molecule has 2 fully saturated rings. The Hall–Kier alpha value is -1.37. The van der Waals surface area contributed by atoms with Crippen molar-refractivity contribution in [2.75, 3.05) is 0 Å². The summed E-state index contributed by atoms with van der Waals surface area (Å²) >= 11 is 0. The van der Waals surface area contributed by atoms with Crippen molar-refractivity contribution in [3.63, 3.8) is 0 Å². The molecule has 2 saturated carbocycles. The van der Waals surface area contributed by atoms with Gasteiger partial charge in [-0.15, -0.1) is 0 Å². The Kier molecular flexibility index (Phi) is 3.08. The highest BCUT2D eigenvalue weighted by atomic mass is 16.1. The molecule has 0 aromatic heterocycles. The molecule has 3 rings (SSSR count). The lowest BCUT2D eigenvalue weighted by Crippen LogP contribution is -2.11. The first-order valence-electron chi connectivity index (χ1n) is 7.30. The molecule has 0 heterocycles. The van der Waals surface area contributed by atoms with Gasteiger partial charge in [-0.05, 0) is 35.2 Å². The Morgan fingerprint density at radius 2 is 1.79 bits per heavy atom. The van der Waals surface area contributed by atoms with Gasteiger partial charge in [0.25, 0.3) is 0 Å². The van der Waals surface area contributed by atoms with Crippen molar-refractivity contribution >= 4 is 5.78 Å². The monoisotopic (exact) mass is 254 g/mol. The molecule has 1 nitrogen and oxygen atoms in total. The molecule has 1 heteroatoms. The number of carbonyl (C=O) groups excluding carboxylic acids is 1. The van der Waals surface area contributed by atoms with E-state index >= 15 is 0 Å². The number of rotatable bonds is 4. The van der Waals surface area contributed by atoms with E-state index in [1.54, 1.807) is 0 Å². The maximum atomic E-state index is 11.2. The van der Waals surface area contributed by atoms with Gasteiger partial charge in [0.15, 0.2) is 0 Å². The summed E-state index contributed by atoms with van der Waals surface area (Å²) in [5.41, 5.74) is 1.59. The van der Waals surface area contributed by atoms with Gasteiger partial charge in [-0.2, -0.15) is 0 Å². The van der Waals surface area contributed by atoms with Gasteiger partial charge in [-0.3, -0.25) is 4.79 Å². The maximum absolute atomic E-state index is 11.2. The lowest BCUT2D eigenvalue weighted by Gasteiger charge is -2.20. The van der Waals surface area contributed by atoms with Crippen molar-refractivity contribution in [3.05, 3.63) is 48.0 Å². The number of ketones is 1. The van der Waals surface area contributed by atoms with E-state index in [1.165, 1.54) is 5.56 Å². The Morgan fingerprint density at radius 3 is 2.42 bits per heavy atom. The first-order valence-corrected chi connectivity index (χ1v) is 7.30. The lowest BCUT2D eigenvalue weighted by atomic mass is 9.85. The molecule has 2 atom stereocenters. The maximum Gasteiger partial charge on any atom is 0.133 e. The average molecular weight is 254 g/mol. The van der Waals surface area contributed by atoms with Crippen LogP contribution in [0.1, 0.15) is 32.3 Å². The summed E-state index contributed by atoms with van der Waals surface area (Å²) in [6, 6.07) is 10.7. The molecule has 2 aliphatic carbocycles. The fourth-order valence-electron chi connectivity index (χ4n) is 3.50. The van der Waals surface area contributed by atoms with Gasteiger partial charge in [-0.1, -0.05) is 56.3 Å². The smallest absolute Gasteiger partial charge is 0.133 e. The number of carbonyl (C=O) groups is 1. The van der Waals surface area contributed by atoms with E-state index in [1.807, 2.05) is 0 Å². The summed E-state index contributed by atoms with van der Waals surface area (Å²) in [5.74, 6) is 2.52. The third-order valence-corrected chi connectivity index (χ3v) is 4.60. The van der Waals surface area contributed by atoms with Gasteiger partial charge in [0.05, 0.1) is 0 Å². The minimum atomic E-state index is 0.197. The summed E-state index contributed by atoms with van der Waals surface area (Å²) in [6.45, 7) is 4.58. The molecule has 0 bridgehead atoms. The van der Waals surface area contributed by atoms with Crippen LogP contribution in [0.2, 0.25) is 0 Å². The SMILES string of the molecule is CC(C)(C=CC1C2CC(=O)CC12)Cc1ccccc1. The Morgan fingerprint density at radius 1 is 1.16 bits per heavy atom. The van der Waals surface area contributed by atoms with E-state index < -0.39 is 0 Å². The normalized spacial score (nSPS) is 29.8. The standard InChI is InChI=1S/C18H22O/c1-18(2,12-13-6-4-3-5-7-13)9-8-15-16-10-14(19)11-17(15)16/h3-9,15-17H,10-12H2,1-2H3. The molecule has 0 radical (unpaired) electrons. The van der Waals surface area contributed by atoms with Crippen LogP contribution in [0.5, 0.6) is 0 Å². The molecule has 2 aliphatic rings. The van der Waals surface area contributed by atoms with Crippen LogP contribution in [0.15, 0.2) is 42.5 Å². The van der Waals surface area contributed by atoms with E-state index in [-0.39, 0.29) is 5.41 Å². The van der Waals surface area contributed by atoms with Crippen molar-refractivity contribution in [1.29, 1.82) is 0 Å². The van der Waals surface area contributed by atoms with Crippen molar-refractivity contribution in [2.24, 2.45) is 23.2 Å². The first-order chi connectivity index (χ1) is 9.05. The predicted octanol–water partition coefficient (Wildman–Crippen LogP) is 4.04. The molecular weight excluding hydrogens is 232 g/mol. The van der Waals surface area contributed by atoms with Crippen LogP contribution in [0, 0.1) is 23.2 Å². The average Bonchev–Trinajstić information content (AvgIpc) is 2.82. The van der Waals surface area contributed by atoms with Crippen molar-refractivity contribution in [3.8, 4) is 0 Å². The van der Waals surface area contributed by atoms with Crippen molar-refractivity contribution in [2.45, 2.75) is 33.1 Å². The molecule has 0 amide bonds. The quantitative estimate of drug-likeness (QED) is 0.741. The zero-order valence-electron chi connectivity index (χ0n) is 11.8. The van der Waals surface area contributed by atoms with Crippen molar-refractivity contribution in [1.82, 2.24) is 0 Å². The van der Waals surface area contributed by atoms with Gasteiger partial charge < -0.3 is 0 Å². The number of allylic oxidation sites excluding steroid dienone is 2. The minimum Gasteiger partial charge on any atom is -0.300 e. The molecule has 0 N–H and O–H groups in total. The van der Waals surface area contributed by atoms with Gasteiger partial charge in [0.1, 0.15) is 5.78 Å². The summed E-state index contributed by atoms with van der Waals surface area (Å²) in [4.78, 5) is 11.2. The van der Waals surface area contributed by atoms with Crippen LogP contribution in [0.4, 0.5) is 0 Å². The van der Waals surface area contributed by atoms with Crippen LogP contribution >= 0.6 is 0 Å². The molecule has 1 aromatic rings. The molecule has 19 heavy (non-hydrogen) atoms. The molecule has 0 spiro atoms. The zero-order valence-corrected chi connectivity index (χ0v) is 11.8. The summed E-state index contributed by atoms with van der Waals surface area (Å²) in [6.07, 6.45) is 7.49. The number of fused-ring (bicyclic) bond motifs is 1. The van der Waals surface area contributed by atoms with Crippen molar-refractivity contribution < 1.29 is 4.79 Å². The Labute approximate surface area is 115 Å². The molecule has 1 aromatic carbocycles. The third kappa shape index (κ3) is 2.80. The molecule has 0 saturated heterocycles. The summed E-state index contributed by atoms with van der Waals surface area (Å²) < 4.78 is 0. The fourth-order valence-corrected chi connectivity index (χ4v) is 3.50.